The first-order valence-corrected chi connectivity index (χ1v) is 6.43. The molecule has 0 bridgehead atoms. The highest BCUT2D eigenvalue weighted by Gasteiger charge is 2.39. The van der Waals surface area contributed by atoms with Crippen molar-refractivity contribution in [2.75, 3.05) is 18.9 Å². The normalized spacial score (nSPS) is 16.5. The van der Waals surface area contributed by atoms with Crippen molar-refractivity contribution in [1.29, 1.82) is 5.26 Å². The molecule has 1 aromatic rings. The number of nitrogen functional groups attached to an aromatic ring is 1. The number of hydrogen-bond acceptors (Lipinski definition) is 6. The van der Waals surface area contributed by atoms with Crippen molar-refractivity contribution >= 4 is 17.7 Å². The van der Waals surface area contributed by atoms with Crippen LogP contribution in [0.2, 0.25) is 0 Å². The second kappa shape index (κ2) is 6.61. The fourth-order valence-electron chi connectivity index (χ4n) is 1.89. The summed E-state index contributed by atoms with van der Waals surface area (Å²) < 4.78 is 9.82. The zero-order valence-electron chi connectivity index (χ0n) is 11.3. The molecular weight excluding hydrogens is 274 g/mol. The maximum atomic E-state index is 11.9. The Labute approximate surface area is 121 Å². The van der Waals surface area contributed by atoms with Crippen molar-refractivity contribution < 1.29 is 19.1 Å². The Balaban J connectivity index is 1.82. The molecule has 0 saturated carbocycles. The van der Waals surface area contributed by atoms with Gasteiger partial charge < -0.3 is 15.2 Å². The molecule has 1 heterocycles. The van der Waals surface area contributed by atoms with E-state index in [4.69, 9.17) is 15.7 Å². The zero-order chi connectivity index (χ0) is 15.2. The van der Waals surface area contributed by atoms with Crippen LogP contribution in [0.3, 0.4) is 0 Å². The van der Waals surface area contributed by atoms with E-state index >= 15 is 0 Å². The first-order valence-electron chi connectivity index (χ1n) is 6.43. The summed E-state index contributed by atoms with van der Waals surface area (Å²) in [4.78, 5) is 24.7. The fraction of sp³-hybridized carbons (Fsp3) is 0.357. The van der Waals surface area contributed by atoms with E-state index in [1.54, 1.807) is 30.3 Å². The van der Waals surface area contributed by atoms with Gasteiger partial charge in [-0.15, -0.1) is 0 Å². The van der Waals surface area contributed by atoms with E-state index < -0.39 is 18.1 Å². The van der Waals surface area contributed by atoms with E-state index in [1.807, 2.05) is 0 Å². The van der Waals surface area contributed by atoms with Crippen molar-refractivity contribution in [2.24, 2.45) is 0 Å². The molecule has 1 aliphatic heterocycles. The van der Waals surface area contributed by atoms with E-state index in [1.165, 1.54) is 4.90 Å². The van der Waals surface area contributed by atoms with Crippen molar-refractivity contribution in [1.82, 2.24) is 4.90 Å². The summed E-state index contributed by atoms with van der Waals surface area (Å²) in [6.07, 6.45) is -0.0571. The van der Waals surface area contributed by atoms with Crippen molar-refractivity contribution in [3.05, 3.63) is 29.8 Å². The fourth-order valence-corrected chi connectivity index (χ4v) is 1.89. The van der Waals surface area contributed by atoms with Crippen LogP contribution in [0.4, 0.5) is 10.5 Å². The molecule has 7 nitrogen and oxygen atoms in total. The Morgan fingerprint density at radius 2 is 2.05 bits per heavy atom. The highest BCUT2D eigenvalue weighted by atomic mass is 16.6. The van der Waals surface area contributed by atoms with E-state index in [2.05, 4.69) is 4.74 Å². The van der Waals surface area contributed by atoms with Gasteiger partial charge in [-0.2, -0.15) is 5.26 Å². The van der Waals surface area contributed by atoms with Crippen LogP contribution in [0.1, 0.15) is 12.0 Å². The molecule has 21 heavy (non-hydrogen) atoms. The Morgan fingerprint density at radius 3 is 2.62 bits per heavy atom. The average Bonchev–Trinajstić information content (AvgIpc) is 2.43. The lowest BCUT2D eigenvalue weighted by Gasteiger charge is -2.37. The summed E-state index contributed by atoms with van der Waals surface area (Å²) in [6, 6.07) is 8.01. The molecule has 1 unspecified atom stereocenters. The van der Waals surface area contributed by atoms with Crippen LogP contribution >= 0.6 is 0 Å². The lowest BCUT2D eigenvalue weighted by atomic mass is 10.0. The second-order valence-electron chi connectivity index (χ2n) is 4.56. The molecule has 1 saturated heterocycles. The van der Waals surface area contributed by atoms with Gasteiger partial charge in [-0.3, -0.25) is 4.90 Å². The van der Waals surface area contributed by atoms with Crippen LogP contribution in [0.5, 0.6) is 0 Å². The predicted octanol–water partition coefficient (Wildman–Crippen LogP) is 1.05. The van der Waals surface area contributed by atoms with Crippen molar-refractivity contribution in [3.8, 4) is 6.07 Å². The van der Waals surface area contributed by atoms with Gasteiger partial charge in [0.05, 0.1) is 0 Å². The van der Waals surface area contributed by atoms with Crippen LogP contribution in [0.15, 0.2) is 24.3 Å². The number of likely N-dealkylation sites (tertiary alicyclic amines) is 1. The predicted molar refractivity (Wildman–Crippen MR) is 72.7 cm³/mol. The van der Waals surface area contributed by atoms with Crippen molar-refractivity contribution in [2.45, 2.75) is 19.1 Å². The molecule has 0 radical (unpaired) electrons. The van der Waals surface area contributed by atoms with Gasteiger partial charge >= 0.3 is 12.1 Å². The number of esters is 1. The van der Waals surface area contributed by atoms with Gasteiger partial charge in [0.2, 0.25) is 0 Å². The average molecular weight is 289 g/mol. The van der Waals surface area contributed by atoms with Gasteiger partial charge in [0.25, 0.3) is 0 Å². The lowest BCUT2D eigenvalue weighted by Crippen LogP contribution is -2.55. The molecule has 7 heteroatoms. The monoisotopic (exact) mass is 289 g/mol. The van der Waals surface area contributed by atoms with Crippen LogP contribution in [0.25, 0.3) is 0 Å². The molecule has 110 valence electrons. The SMILES string of the molecule is N#CCOC(=O)C1CCN1C(=O)OCc1ccc(N)cc1. The summed E-state index contributed by atoms with van der Waals surface area (Å²) in [6.45, 7) is 0.228. The number of nitriles is 1. The van der Waals surface area contributed by atoms with E-state index in [0.717, 1.165) is 5.56 Å². The van der Waals surface area contributed by atoms with Gasteiger partial charge in [-0.1, -0.05) is 12.1 Å². The molecule has 2 rings (SSSR count). The highest BCUT2D eigenvalue weighted by Crippen LogP contribution is 2.20. The molecular formula is C14H15N3O4. The molecule has 1 fully saturated rings. The molecule has 1 aliphatic rings. The largest absolute Gasteiger partial charge is 0.449 e. The quantitative estimate of drug-likeness (QED) is 0.656. The van der Waals surface area contributed by atoms with E-state index in [9.17, 15) is 9.59 Å². The number of carbonyl (C=O) groups excluding carboxylic acids is 2. The smallest absolute Gasteiger partial charge is 0.410 e. The standard InChI is InChI=1S/C14H15N3O4/c15-6-8-20-13(18)12-5-7-17(12)14(19)21-9-10-1-3-11(16)4-2-10/h1-4,12H,5,7-9,16H2. The Hall–Kier alpha value is -2.75. The first-order chi connectivity index (χ1) is 10.1. The van der Waals surface area contributed by atoms with E-state index in [-0.39, 0.29) is 13.2 Å². The molecule has 0 aliphatic carbocycles. The number of rotatable bonds is 4. The number of ether oxygens (including phenoxy) is 2. The first kappa shape index (κ1) is 14.7. The van der Waals surface area contributed by atoms with Crippen LogP contribution < -0.4 is 5.73 Å². The highest BCUT2D eigenvalue weighted by molar-refractivity contribution is 5.83. The van der Waals surface area contributed by atoms with Gasteiger partial charge in [0.15, 0.2) is 6.61 Å². The molecule has 0 spiro atoms. The Bertz CT molecular complexity index is 565. The minimum absolute atomic E-state index is 0.107. The number of nitrogens with two attached hydrogens (primary N) is 1. The van der Waals surface area contributed by atoms with Crippen LogP contribution in [-0.4, -0.2) is 36.2 Å². The molecule has 1 aromatic carbocycles. The lowest BCUT2D eigenvalue weighted by molar-refractivity contribution is -0.152. The number of amides is 1. The number of anilines is 1. The summed E-state index contributed by atoms with van der Waals surface area (Å²) in [5.41, 5.74) is 7.00. The van der Waals surface area contributed by atoms with Gasteiger partial charge in [0.1, 0.15) is 18.7 Å². The molecule has 1 amide bonds. The Kier molecular flexibility index (Phi) is 4.61. The van der Waals surface area contributed by atoms with Crippen LogP contribution in [0, 0.1) is 11.3 Å². The third-order valence-corrected chi connectivity index (χ3v) is 3.15. The number of benzene rings is 1. The summed E-state index contributed by atoms with van der Waals surface area (Å²) in [5, 5.41) is 8.35. The van der Waals surface area contributed by atoms with Gasteiger partial charge in [-0.25, -0.2) is 9.59 Å². The summed E-state index contributed by atoms with van der Waals surface area (Å²) in [7, 11) is 0. The summed E-state index contributed by atoms with van der Waals surface area (Å²) >= 11 is 0. The molecule has 2 N–H and O–H groups in total. The van der Waals surface area contributed by atoms with E-state index in [0.29, 0.717) is 18.7 Å². The maximum Gasteiger partial charge on any atom is 0.410 e. The zero-order valence-corrected chi connectivity index (χ0v) is 11.3. The van der Waals surface area contributed by atoms with Gasteiger partial charge in [-0.05, 0) is 24.1 Å². The second-order valence-corrected chi connectivity index (χ2v) is 4.56. The third-order valence-electron chi connectivity index (χ3n) is 3.15. The maximum absolute atomic E-state index is 11.9. The number of nitrogens with zero attached hydrogens (tertiary/aromatic N) is 2. The summed E-state index contributed by atoms with van der Waals surface area (Å²) in [5.74, 6) is -0.577. The van der Waals surface area contributed by atoms with Crippen molar-refractivity contribution in [3.63, 3.8) is 0 Å². The van der Waals surface area contributed by atoms with Crippen LogP contribution in [-0.2, 0) is 20.9 Å². The third kappa shape index (κ3) is 3.63. The minimum Gasteiger partial charge on any atom is -0.449 e. The number of carbonyl (C=O) groups is 2. The Morgan fingerprint density at radius 1 is 1.33 bits per heavy atom. The topological polar surface area (TPSA) is 106 Å². The minimum atomic E-state index is -0.655. The number of hydrogen-bond donors (Lipinski definition) is 1. The molecule has 1 atom stereocenters. The molecule has 0 aromatic heterocycles. The van der Waals surface area contributed by atoms with Gasteiger partial charge in [0, 0.05) is 12.2 Å².